The molecule has 0 saturated carbocycles. The monoisotopic (exact) mass is 259 g/mol. The first-order valence-corrected chi connectivity index (χ1v) is 6.62. The summed E-state index contributed by atoms with van der Waals surface area (Å²) in [5.74, 6) is 2.54. The zero-order valence-corrected chi connectivity index (χ0v) is 11.7. The van der Waals surface area contributed by atoms with Crippen LogP contribution in [-0.2, 0) is 0 Å². The van der Waals surface area contributed by atoms with Gasteiger partial charge in [0.2, 0.25) is 0 Å². The minimum Gasteiger partial charge on any atom is -0.369 e. The van der Waals surface area contributed by atoms with Crippen molar-refractivity contribution >= 4 is 29.2 Å². The Morgan fingerprint density at radius 2 is 2.06 bits per heavy atom. The summed E-state index contributed by atoms with van der Waals surface area (Å²) >= 11 is 7.76. The molecule has 1 aromatic heterocycles. The van der Waals surface area contributed by atoms with Crippen LogP contribution in [0.2, 0.25) is 5.15 Å². The smallest absolute Gasteiger partial charge is 0.134 e. The third-order valence-electron chi connectivity index (χ3n) is 1.75. The number of nitrogens with one attached hydrogen (secondary N) is 1. The highest BCUT2D eigenvalue weighted by molar-refractivity contribution is 8.00. The van der Waals surface area contributed by atoms with E-state index >= 15 is 0 Å². The molecular weight excluding hydrogens is 242 g/mol. The summed E-state index contributed by atoms with van der Waals surface area (Å²) in [5, 5.41) is 3.73. The summed E-state index contributed by atoms with van der Waals surface area (Å²) in [5.41, 5.74) is 0. The molecule has 0 aliphatic carbocycles. The number of rotatable bonds is 4. The second kappa shape index (κ2) is 5.73. The quantitative estimate of drug-likeness (QED) is 0.665. The molecule has 0 radical (unpaired) electrons. The van der Waals surface area contributed by atoms with Crippen LogP contribution < -0.4 is 5.32 Å². The molecule has 0 unspecified atom stereocenters. The van der Waals surface area contributed by atoms with E-state index in [4.69, 9.17) is 11.6 Å². The maximum atomic E-state index is 5.84. The van der Waals surface area contributed by atoms with Gasteiger partial charge < -0.3 is 5.32 Å². The summed E-state index contributed by atoms with van der Waals surface area (Å²) in [6, 6.07) is 1.75. The van der Waals surface area contributed by atoms with E-state index in [0.29, 0.717) is 15.7 Å². The van der Waals surface area contributed by atoms with Crippen LogP contribution in [0.4, 0.5) is 5.82 Å². The third kappa shape index (κ3) is 5.56. The fourth-order valence-electron chi connectivity index (χ4n) is 1.16. The number of aryl methyl sites for hydroxylation is 1. The Morgan fingerprint density at radius 3 is 2.62 bits per heavy atom. The Labute approximate surface area is 106 Å². The fourth-order valence-corrected chi connectivity index (χ4v) is 2.20. The van der Waals surface area contributed by atoms with Crippen molar-refractivity contribution in [2.24, 2.45) is 0 Å². The highest BCUT2D eigenvalue weighted by Gasteiger charge is 2.09. The lowest BCUT2D eigenvalue weighted by molar-refractivity contribution is 0.802. The molecule has 0 atom stereocenters. The number of nitrogens with zero attached hydrogens (tertiary/aromatic N) is 2. The Kier molecular flexibility index (Phi) is 4.87. The average Bonchev–Trinajstić information content (AvgIpc) is 2.09. The van der Waals surface area contributed by atoms with Crippen molar-refractivity contribution < 1.29 is 0 Å². The van der Waals surface area contributed by atoms with Crippen LogP contribution in [0.1, 0.15) is 26.6 Å². The molecule has 16 heavy (non-hydrogen) atoms. The first kappa shape index (κ1) is 13.6. The molecule has 1 aromatic rings. The summed E-state index contributed by atoms with van der Waals surface area (Å²) < 4.78 is 0.306. The minimum absolute atomic E-state index is 0.306. The van der Waals surface area contributed by atoms with E-state index in [2.05, 4.69) is 36.1 Å². The molecule has 0 aliphatic rings. The predicted molar refractivity (Wildman–Crippen MR) is 72.5 cm³/mol. The van der Waals surface area contributed by atoms with Crippen LogP contribution in [-0.4, -0.2) is 27.0 Å². The topological polar surface area (TPSA) is 37.8 Å². The second-order valence-corrected chi connectivity index (χ2v) is 6.82. The van der Waals surface area contributed by atoms with Crippen LogP contribution >= 0.6 is 23.4 Å². The Morgan fingerprint density at radius 1 is 1.38 bits per heavy atom. The Bertz CT molecular complexity index is 329. The molecule has 0 fully saturated rings. The van der Waals surface area contributed by atoms with E-state index in [-0.39, 0.29) is 0 Å². The summed E-state index contributed by atoms with van der Waals surface area (Å²) in [7, 11) is 0. The van der Waals surface area contributed by atoms with Crippen LogP contribution in [0.3, 0.4) is 0 Å². The van der Waals surface area contributed by atoms with Gasteiger partial charge in [-0.3, -0.25) is 0 Å². The minimum atomic E-state index is 0.306. The molecule has 0 saturated heterocycles. The average molecular weight is 260 g/mol. The second-order valence-electron chi connectivity index (χ2n) is 4.51. The van der Waals surface area contributed by atoms with E-state index in [1.54, 1.807) is 6.07 Å². The molecule has 0 bridgehead atoms. The third-order valence-corrected chi connectivity index (χ3v) is 3.22. The standard InChI is InChI=1S/C11H18ClN3S/c1-8-14-9(12)7-10(15-8)13-5-6-16-11(2,3)4/h7H,5-6H2,1-4H3,(H,13,14,15). The van der Waals surface area contributed by atoms with Gasteiger partial charge in [0.25, 0.3) is 0 Å². The van der Waals surface area contributed by atoms with Crippen molar-refractivity contribution in [3.63, 3.8) is 0 Å². The van der Waals surface area contributed by atoms with Crippen molar-refractivity contribution in [1.29, 1.82) is 0 Å². The number of halogens is 1. The lowest BCUT2D eigenvalue weighted by Crippen LogP contribution is -2.13. The van der Waals surface area contributed by atoms with E-state index in [1.165, 1.54) is 0 Å². The van der Waals surface area contributed by atoms with Crippen molar-refractivity contribution in [2.45, 2.75) is 32.4 Å². The number of aromatic nitrogens is 2. The predicted octanol–water partition coefficient (Wildman–Crippen LogP) is 3.38. The SMILES string of the molecule is Cc1nc(Cl)cc(NCCSC(C)(C)C)n1. The van der Waals surface area contributed by atoms with E-state index in [0.717, 1.165) is 18.1 Å². The molecule has 1 N–H and O–H groups in total. The molecule has 5 heteroatoms. The van der Waals surface area contributed by atoms with Gasteiger partial charge in [-0.2, -0.15) is 11.8 Å². The lowest BCUT2D eigenvalue weighted by atomic mass is 10.3. The lowest BCUT2D eigenvalue weighted by Gasteiger charge is -2.17. The first-order valence-electron chi connectivity index (χ1n) is 5.26. The van der Waals surface area contributed by atoms with Gasteiger partial charge in [-0.1, -0.05) is 32.4 Å². The number of hydrogen-bond donors (Lipinski definition) is 1. The molecule has 0 aliphatic heterocycles. The highest BCUT2D eigenvalue weighted by atomic mass is 35.5. The fraction of sp³-hybridized carbons (Fsp3) is 0.636. The largest absolute Gasteiger partial charge is 0.369 e. The van der Waals surface area contributed by atoms with Crippen molar-refractivity contribution in [3.05, 3.63) is 17.0 Å². The maximum absolute atomic E-state index is 5.84. The number of thioether (sulfide) groups is 1. The molecule has 0 amide bonds. The number of anilines is 1. The molecule has 1 heterocycles. The van der Waals surface area contributed by atoms with Gasteiger partial charge in [0.15, 0.2) is 0 Å². The zero-order chi connectivity index (χ0) is 12.2. The van der Waals surface area contributed by atoms with Gasteiger partial charge in [0.1, 0.15) is 16.8 Å². The van der Waals surface area contributed by atoms with Gasteiger partial charge in [-0.25, -0.2) is 9.97 Å². The van der Waals surface area contributed by atoms with Crippen LogP contribution in [0.5, 0.6) is 0 Å². The van der Waals surface area contributed by atoms with Crippen molar-refractivity contribution in [3.8, 4) is 0 Å². The van der Waals surface area contributed by atoms with Gasteiger partial charge in [-0.15, -0.1) is 0 Å². The van der Waals surface area contributed by atoms with Crippen molar-refractivity contribution in [2.75, 3.05) is 17.6 Å². The van der Waals surface area contributed by atoms with E-state index < -0.39 is 0 Å². The first-order chi connectivity index (χ1) is 7.37. The van der Waals surface area contributed by atoms with Crippen LogP contribution in [0.15, 0.2) is 6.07 Å². The highest BCUT2D eigenvalue weighted by Crippen LogP contribution is 2.22. The van der Waals surface area contributed by atoms with Gasteiger partial charge in [0, 0.05) is 23.1 Å². The molecular formula is C11H18ClN3S. The van der Waals surface area contributed by atoms with Gasteiger partial charge in [-0.05, 0) is 6.92 Å². The van der Waals surface area contributed by atoms with Gasteiger partial charge in [0.05, 0.1) is 0 Å². The molecule has 0 aromatic carbocycles. The van der Waals surface area contributed by atoms with E-state index in [1.807, 2.05) is 18.7 Å². The summed E-state index contributed by atoms with van der Waals surface area (Å²) in [6.07, 6.45) is 0. The maximum Gasteiger partial charge on any atom is 0.134 e. The van der Waals surface area contributed by atoms with Crippen molar-refractivity contribution in [1.82, 2.24) is 9.97 Å². The summed E-state index contributed by atoms with van der Waals surface area (Å²) in [6.45, 7) is 9.35. The molecule has 90 valence electrons. The Hall–Kier alpha value is -0.480. The normalized spacial score (nSPS) is 11.6. The number of hydrogen-bond acceptors (Lipinski definition) is 4. The molecule has 1 rings (SSSR count). The zero-order valence-electron chi connectivity index (χ0n) is 10.2. The Balaban J connectivity index is 2.37. The summed E-state index contributed by atoms with van der Waals surface area (Å²) in [4.78, 5) is 8.26. The van der Waals surface area contributed by atoms with Crippen LogP contribution in [0, 0.1) is 6.92 Å². The molecule has 3 nitrogen and oxygen atoms in total. The van der Waals surface area contributed by atoms with E-state index in [9.17, 15) is 0 Å². The van der Waals surface area contributed by atoms with Crippen LogP contribution in [0.25, 0.3) is 0 Å². The van der Waals surface area contributed by atoms with Gasteiger partial charge >= 0.3 is 0 Å². The molecule has 0 spiro atoms.